The van der Waals surface area contributed by atoms with Crippen LogP contribution in [0, 0.1) is 0 Å². The summed E-state index contributed by atoms with van der Waals surface area (Å²) in [6.45, 7) is 0. The molecular weight excluding hydrogens is 452 g/mol. The molecule has 6 rings (SSSR count). The number of ether oxygens (including phenoxy) is 1. The van der Waals surface area contributed by atoms with E-state index in [0.717, 1.165) is 40.2 Å². The molecule has 4 nitrogen and oxygen atoms in total. The third kappa shape index (κ3) is 3.88. The van der Waals surface area contributed by atoms with Crippen molar-refractivity contribution < 1.29 is 4.74 Å². The summed E-state index contributed by atoms with van der Waals surface area (Å²) in [6, 6.07) is 26.4. The lowest BCUT2D eigenvalue weighted by Crippen LogP contribution is -2.38. The maximum Gasteiger partial charge on any atom is 0.271 e. The molecule has 0 saturated carbocycles. The van der Waals surface area contributed by atoms with E-state index >= 15 is 0 Å². The predicted molar refractivity (Wildman–Crippen MR) is 142 cm³/mol. The number of benzene rings is 3. The van der Waals surface area contributed by atoms with Gasteiger partial charge in [-0.05, 0) is 53.3 Å². The Bertz CT molecular complexity index is 1640. The fourth-order valence-electron chi connectivity index (χ4n) is 4.93. The van der Waals surface area contributed by atoms with Gasteiger partial charge in [-0.3, -0.25) is 9.36 Å². The molecule has 0 radical (unpaired) electrons. The summed E-state index contributed by atoms with van der Waals surface area (Å²) in [4.78, 5) is 19.5. The van der Waals surface area contributed by atoms with E-state index in [0.29, 0.717) is 4.53 Å². The quantitative estimate of drug-likeness (QED) is 0.416. The third-order valence-electron chi connectivity index (χ3n) is 6.64. The highest BCUT2D eigenvalue weighted by molar-refractivity contribution is 7.07. The molecule has 1 unspecified atom stereocenters. The van der Waals surface area contributed by atoms with E-state index < -0.39 is 0 Å². The SMILES string of the molecule is COc1ccc(C2C3=C(N=c4sc(=CC=Cc5ccccc5)c(=O)n42)c2ccccc2CC3)cc1. The van der Waals surface area contributed by atoms with Crippen LogP contribution in [0.1, 0.15) is 34.7 Å². The van der Waals surface area contributed by atoms with Crippen molar-refractivity contribution in [2.45, 2.75) is 18.9 Å². The van der Waals surface area contributed by atoms with Gasteiger partial charge in [0.15, 0.2) is 4.80 Å². The molecule has 172 valence electrons. The van der Waals surface area contributed by atoms with Crippen molar-refractivity contribution in [3.8, 4) is 5.75 Å². The van der Waals surface area contributed by atoms with Gasteiger partial charge in [0.05, 0.1) is 23.4 Å². The van der Waals surface area contributed by atoms with Crippen molar-refractivity contribution in [3.05, 3.63) is 132 Å². The molecule has 1 atom stereocenters. The van der Waals surface area contributed by atoms with Crippen LogP contribution >= 0.6 is 11.3 Å². The number of rotatable bonds is 4. The molecular formula is C30H24N2O2S. The molecule has 4 aromatic rings. The van der Waals surface area contributed by atoms with E-state index in [9.17, 15) is 4.79 Å². The second-order valence-electron chi connectivity index (χ2n) is 8.68. The summed E-state index contributed by atoms with van der Waals surface area (Å²) in [6.07, 6.45) is 7.68. The normalized spacial score (nSPS) is 17.1. The van der Waals surface area contributed by atoms with Gasteiger partial charge in [0.1, 0.15) is 5.75 Å². The van der Waals surface area contributed by atoms with Crippen LogP contribution in [0.4, 0.5) is 0 Å². The number of aromatic nitrogens is 1. The molecule has 2 aliphatic rings. The Kier molecular flexibility index (Phi) is 5.55. The van der Waals surface area contributed by atoms with Gasteiger partial charge in [-0.25, -0.2) is 4.99 Å². The number of hydrogen-bond donors (Lipinski definition) is 0. The van der Waals surface area contributed by atoms with E-state index in [1.54, 1.807) is 7.11 Å². The van der Waals surface area contributed by atoms with E-state index in [-0.39, 0.29) is 11.6 Å². The van der Waals surface area contributed by atoms with Crippen LogP contribution in [0.25, 0.3) is 17.8 Å². The van der Waals surface area contributed by atoms with E-state index in [1.807, 2.05) is 65.3 Å². The molecule has 35 heavy (non-hydrogen) atoms. The first-order valence-electron chi connectivity index (χ1n) is 11.7. The Labute approximate surface area is 207 Å². The zero-order valence-corrected chi connectivity index (χ0v) is 20.2. The smallest absolute Gasteiger partial charge is 0.271 e. The summed E-state index contributed by atoms with van der Waals surface area (Å²) in [5, 5.41) is 0. The molecule has 0 N–H and O–H groups in total. The predicted octanol–water partition coefficient (Wildman–Crippen LogP) is 4.99. The number of allylic oxidation sites excluding steroid dienone is 2. The summed E-state index contributed by atoms with van der Waals surface area (Å²) in [5.41, 5.74) is 6.87. The van der Waals surface area contributed by atoms with Crippen molar-refractivity contribution in [2.24, 2.45) is 4.99 Å². The maximum absolute atomic E-state index is 13.7. The zero-order chi connectivity index (χ0) is 23.8. The van der Waals surface area contributed by atoms with E-state index in [4.69, 9.17) is 9.73 Å². The van der Waals surface area contributed by atoms with Crippen LogP contribution in [-0.2, 0) is 6.42 Å². The topological polar surface area (TPSA) is 43.6 Å². The minimum Gasteiger partial charge on any atom is -0.497 e. The van der Waals surface area contributed by atoms with Gasteiger partial charge in [0, 0.05) is 5.56 Å². The number of aryl methyl sites for hydroxylation is 1. The van der Waals surface area contributed by atoms with Crippen molar-refractivity contribution in [3.63, 3.8) is 0 Å². The fraction of sp³-hybridized carbons (Fsp3) is 0.133. The summed E-state index contributed by atoms with van der Waals surface area (Å²) < 4.78 is 7.94. The number of thiazole rings is 1. The first-order chi connectivity index (χ1) is 17.2. The average molecular weight is 477 g/mol. The summed E-state index contributed by atoms with van der Waals surface area (Å²) in [5.74, 6) is 0.801. The highest BCUT2D eigenvalue weighted by Crippen LogP contribution is 2.41. The molecule has 1 aliphatic carbocycles. The van der Waals surface area contributed by atoms with Crippen molar-refractivity contribution in [1.82, 2.24) is 4.57 Å². The molecule has 5 heteroatoms. The van der Waals surface area contributed by atoms with Gasteiger partial charge in [0.2, 0.25) is 0 Å². The highest BCUT2D eigenvalue weighted by Gasteiger charge is 2.32. The van der Waals surface area contributed by atoms with Crippen molar-refractivity contribution in [2.75, 3.05) is 7.11 Å². The Hall–Kier alpha value is -3.96. The van der Waals surface area contributed by atoms with E-state index in [1.165, 1.54) is 28.0 Å². The average Bonchev–Trinajstić information content (AvgIpc) is 3.22. The minimum atomic E-state index is -0.180. The molecule has 0 saturated heterocycles. The van der Waals surface area contributed by atoms with Crippen LogP contribution in [0.5, 0.6) is 5.75 Å². The summed E-state index contributed by atoms with van der Waals surface area (Å²) >= 11 is 1.45. The Morgan fingerprint density at radius 1 is 0.971 bits per heavy atom. The molecule has 3 aromatic carbocycles. The van der Waals surface area contributed by atoms with Crippen molar-refractivity contribution >= 4 is 29.2 Å². The maximum atomic E-state index is 13.7. The zero-order valence-electron chi connectivity index (χ0n) is 19.3. The van der Waals surface area contributed by atoms with Crippen LogP contribution < -0.4 is 19.6 Å². The lowest BCUT2D eigenvalue weighted by Gasteiger charge is -2.30. The highest BCUT2D eigenvalue weighted by atomic mass is 32.1. The monoisotopic (exact) mass is 476 g/mol. The fourth-order valence-corrected chi connectivity index (χ4v) is 5.89. The van der Waals surface area contributed by atoms with Gasteiger partial charge in [-0.2, -0.15) is 0 Å². The van der Waals surface area contributed by atoms with Crippen LogP contribution in [0.15, 0.2) is 100 Å². The van der Waals surface area contributed by atoms with Crippen LogP contribution in [0.2, 0.25) is 0 Å². The standard InChI is InChI=1S/C30H24N2O2S/c1-34-23-17-14-22(15-18-23)28-25-19-16-21-11-5-6-12-24(21)27(25)31-30-32(28)29(33)26(35-30)13-7-10-20-8-3-2-4-9-20/h2-15,17-18,28H,16,19H2,1H3. The van der Waals surface area contributed by atoms with Gasteiger partial charge < -0.3 is 4.74 Å². The van der Waals surface area contributed by atoms with Gasteiger partial charge in [-0.15, -0.1) is 0 Å². The molecule has 1 aliphatic heterocycles. The lowest BCUT2D eigenvalue weighted by molar-refractivity contribution is 0.414. The molecule has 0 spiro atoms. The molecule has 0 amide bonds. The van der Waals surface area contributed by atoms with Gasteiger partial charge in [0.25, 0.3) is 5.56 Å². The Morgan fingerprint density at radius 2 is 1.74 bits per heavy atom. The molecule has 0 bridgehead atoms. The van der Waals surface area contributed by atoms with Crippen LogP contribution in [-0.4, -0.2) is 11.7 Å². The largest absolute Gasteiger partial charge is 0.497 e. The third-order valence-corrected chi connectivity index (χ3v) is 7.64. The van der Waals surface area contributed by atoms with E-state index in [2.05, 4.69) is 36.4 Å². The molecule has 0 fully saturated rings. The Balaban J connectivity index is 1.53. The van der Waals surface area contributed by atoms with Crippen molar-refractivity contribution in [1.29, 1.82) is 0 Å². The number of methoxy groups -OCH3 is 1. The second-order valence-corrected chi connectivity index (χ2v) is 9.69. The lowest BCUT2D eigenvalue weighted by atomic mass is 9.83. The molecule has 2 heterocycles. The Morgan fingerprint density at radius 3 is 2.54 bits per heavy atom. The van der Waals surface area contributed by atoms with Crippen LogP contribution in [0.3, 0.4) is 0 Å². The second kappa shape index (κ2) is 9.01. The molecule has 1 aromatic heterocycles. The van der Waals surface area contributed by atoms with Gasteiger partial charge in [-0.1, -0.05) is 90.2 Å². The number of fused-ring (bicyclic) bond motifs is 3. The first-order valence-corrected chi connectivity index (χ1v) is 12.5. The number of nitrogens with zero attached hydrogens (tertiary/aromatic N) is 2. The first kappa shape index (κ1) is 21.6. The van der Waals surface area contributed by atoms with Gasteiger partial charge >= 0.3 is 0 Å². The minimum absolute atomic E-state index is 0.00214. The number of hydrogen-bond acceptors (Lipinski definition) is 4. The summed E-state index contributed by atoms with van der Waals surface area (Å²) in [7, 11) is 1.67.